The van der Waals surface area contributed by atoms with Crippen LogP contribution in [0.25, 0.3) is 0 Å². The number of fused-ring (bicyclic) bond motifs is 1. The zero-order valence-electron chi connectivity index (χ0n) is 20.6. The summed E-state index contributed by atoms with van der Waals surface area (Å²) in [5, 5.41) is 6.10. The fraction of sp³-hybridized carbons (Fsp3) is 0.519. The number of halogens is 1. The van der Waals surface area contributed by atoms with Gasteiger partial charge in [-0.1, -0.05) is 38.3 Å². The molecule has 1 saturated carbocycles. The van der Waals surface area contributed by atoms with Crippen molar-refractivity contribution in [3.05, 3.63) is 63.8 Å². The molecule has 2 atom stereocenters. The fourth-order valence-corrected chi connectivity index (χ4v) is 5.33. The van der Waals surface area contributed by atoms with Gasteiger partial charge >= 0.3 is 0 Å². The Bertz CT molecular complexity index is 1100. The molecule has 2 aromatic rings. The Hall–Kier alpha value is -3.00. The van der Waals surface area contributed by atoms with Gasteiger partial charge in [0, 0.05) is 18.8 Å². The van der Waals surface area contributed by atoms with Crippen molar-refractivity contribution in [1.29, 1.82) is 0 Å². The topological polar surface area (TPSA) is 83.4 Å². The van der Waals surface area contributed by atoms with Gasteiger partial charge in [0.25, 0.3) is 5.56 Å². The number of hydrogen-bond acceptors (Lipinski definition) is 4. The van der Waals surface area contributed by atoms with Crippen molar-refractivity contribution in [2.45, 2.75) is 70.5 Å². The van der Waals surface area contributed by atoms with Crippen LogP contribution in [0.5, 0.6) is 0 Å². The van der Waals surface area contributed by atoms with Gasteiger partial charge < -0.3 is 20.1 Å². The lowest BCUT2D eigenvalue weighted by atomic mass is 9.83. The normalized spacial score (nSPS) is 17.6. The van der Waals surface area contributed by atoms with E-state index >= 15 is 0 Å². The van der Waals surface area contributed by atoms with Crippen LogP contribution in [0.15, 0.2) is 41.3 Å². The third-order valence-electron chi connectivity index (χ3n) is 7.37. The molecule has 0 unspecified atom stereocenters. The molecule has 0 radical (unpaired) electrons. The zero-order chi connectivity index (χ0) is 24.9. The van der Waals surface area contributed by atoms with Crippen LogP contribution in [-0.4, -0.2) is 42.1 Å². The number of likely N-dealkylation sites (N-methyl/N-ethyl adjacent to an activating group) is 1. The summed E-state index contributed by atoms with van der Waals surface area (Å²) in [6.07, 6.45) is 8.07. The molecule has 2 N–H and O–H groups in total. The molecule has 0 saturated heterocycles. The summed E-state index contributed by atoms with van der Waals surface area (Å²) in [5.41, 5.74) is 2.20. The van der Waals surface area contributed by atoms with Crippen LogP contribution in [0, 0.1) is 11.7 Å². The van der Waals surface area contributed by atoms with Crippen LogP contribution >= 0.6 is 0 Å². The van der Waals surface area contributed by atoms with Gasteiger partial charge in [0.15, 0.2) is 0 Å². The molecule has 2 heterocycles. The summed E-state index contributed by atoms with van der Waals surface area (Å²) in [7, 11) is 1.75. The van der Waals surface area contributed by atoms with Crippen LogP contribution in [0.2, 0.25) is 0 Å². The molecule has 2 aliphatic rings. The molecular formula is C27H35FN4O3. The SMILES string of the molecule is CC[C@H](NC)C(=O)N[C@H](C(=O)N1CCc2cc(=O)n(Cc3ccc(F)cc3)cc21)C1CCCCC1. The van der Waals surface area contributed by atoms with Gasteiger partial charge in [0.1, 0.15) is 11.9 Å². The summed E-state index contributed by atoms with van der Waals surface area (Å²) < 4.78 is 14.8. The van der Waals surface area contributed by atoms with Gasteiger partial charge in [-0.2, -0.15) is 0 Å². The third-order valence-corrected chi connectivity index (χ3v) is 7.37. The summed E-state index contributed by atoms with van der Waals surface area (Å²) in [6.45, 7) is 2.71. The minimum Gasteiger partial charge on any atom is -0.343 e. The number of nitrogens with zero attached hydrogens (tertiary/aromatic N) is 2. The van der Waals surface area contributed by atoms with Crippen molar-refractivity contribution in [3.8, 4) is 0 Å². The van der Waals surface area contributed by atoms with Gasteiger partial charge in [0.05, 0.1) is 18.3 Å². The highest BCUT2D eigenvalue weighted by Gasteiger charge is 2.37. The summed E-state index contributed by atoms with van der Waals surface area (Å²) >= 11 is 0. The van der Waals surface area contributed by atoms with Crippen molar-refractivity contribution >= 4 is 17.5 Å². The number of nitrogens with one attached hydrogen (secondary N) is 2. The number of amides is 2. The van der Waals surface area contributed by atoms with Gasteiger partial charge in [-0.15, -0.1) is 0 Å². The van der Waals surface area contributed by atoms with Crippen LogP contribution in [0.1, 0.15) is 56.6 Å². The highest BCUT2D eigenvalue weighted by atomic mass is 19.1. The van der Waals surface area contributed by atoms with Crippen molar-refractivity contribution in [2.75, 3.05) is 18.5 Å². The Kier molecular flexibility index (Phi) is 8.00. The van der Waals surface area contributed by atoms with Crippen molar-refractivity contribution in [1.82, 2.24) is 15.2 Å². The van der Waals surface area contributed by atoms with E-state index in [1.165, 1.54) is 12.1 Å². The molecule has 188 valence electrons. The van der Waals surface area contributed by atoms with Crippen LogP contribution < -0.4 is 21.1 Å². The lowest BCUT2D eigenvalue weighted by Gasteiger charge is -2.33. The molecule has 1 aromatic heterocycles. The molecule has 4 rings (SSSR count). The Morgan fingerprint density at radius 3 is 2.51 bits per heavy atom. The van der Waals surface area contributed by atoms with Crippen molar-refractivity contribution in [3.63, 3.8) is 0 Å². The second-order valence-electron chi connectivity index (χ2n) is 9.65. The smallest absolute Gasteiger partial charge is 0.251 e. The van der Waals surface area contributed by atoms with E-state index in [2.05, 4.69) is 10.6 Å². The monoisotopic (exact) mass is 482 g/mol. The molecule has 0 spiro atoms. The standard InChI is InChI=1S/C27H35FN4O3/c1-3-22(29-2)26(34)30-25(19-7-5-4-6-8-19)27(35)32-14-13-20-15-24(33)31(17-23(20)32)16-18-9-11-21(28)12-10-18/h9-12,15,17,19,22,25,29H,3-8,13-14,16H2,1-2H3,(H,30,34)/t22-,25-/m0/s1. The number of rotatable bonds is 8. The number of carbonyl (C=O) groups is 2. The highest BCUT2D eigenvalue weighted by Crippen LogP contribution is 2.32. The number of pyridine rings is 1. The van der Waals surface area contributed by atoms with Crippen LogP contribution in [-0.2, 0) is 22.6 Å². The Labute approximate surface area is 205 Å². The highest BCUT2D eigenvalue weighted by molar-refractivity contribution is 6.01. The first-order valence-corrected chi connectivity index (χ1v) is 12.7. The number of carbonyl (C=O) groups excluding carboxylic acids is 2. The Morgan fingerprint density at radius 1 is 1.14 bits per heavy atom. The molecule has 35 heavy (non-hydrogen) atoms. The quantitative estimate of drug-likeness (QED) is 0.606. The average Bonchev–Trinajstić information content (AvgIpc) is 3.27. The molecular weight excluding hydrogens is 447 g/mol. The average molecular weight is 483 g/mol. The first-order chi connectivity index (χ1) is 16.9. The molecule has 1 fully saturated rings. The first kappa shape index (κ1) is 25.1. The van der Waals surface area contributed by atoms with E-state index in [0.29, 0.717) is 25.1 Å². The second-order valence-corrected chi connectivity index (χ2v) is 9.65. The largest absolute Gasteiger partial charge is 0.343 e. The molecule has 1 aliphatic carbocycles. The maximum Gasteiger partial charge on any atom is 0.251 e. The van der Waals surface area contributed by atoms with E-state index in [-0.39, 0.29) is 41.7 Å². The molecule has 8 heteroatoms. The van der Waals surface area contributed by atoms with E-state index in [4.69, 9.17) is 0 Å². The summed E-state index contributed by atoms with van der Waals surface area (Å²) in [6, 6.07) is 6.70. The van der Waals surface area contributed by atoms with Gasteiger partial charge in [-0.3, -0.25) is 14.4 Å². The second kappa shape index (κ2) is 11.2. The third kappa shape index (κ3) is 5.64. The van der Waals surface area contributed by atoms with Crippen LogP contribution in [0.4, 0.5) is 10.1 Å². The maximum absolute atomic E-state index is 13.9. The Morgan fingerprint density at radius 2 is 1.86 bits per heavy atom. The van der Waals surface area contributed by atoms with Crippen molar-refractivity contribution in [2.24, 2.45) is 5.92 Å². The van der Waals surface area contributed by atoms with E-state index in [1.807, 2.05) is 6.92 Å². The predicted octanol–water partition coefficient (Wildman–Crippen LogP) is 2.99. The minimum absolute atomic E-state index is 0.101. The van der Waals surface area contributed by atoms with Gasteiger partial charge in [-0.25, -0.2) is 4.39 Å². The number of hydrogen-bond donors (Lipinski definition) is 2. The van der Waals surface area contributed by atoms with E-state index in [1.54, 1.807) is 40.9 Å². The molecule has 2 amide bonds. The lowest BCUT2D eigenvalue weighted by molar-refractivity contribution is -0.130. The number of anilines is 1. The maximum atomic E-state index is 13.9. The predicted molar refractivity (Wildman–Crippen MR) is 134 cm³/mol. The molecule has 0 bridgehead atoms. The zero-order valence-corrected chi connectivity index (χ0v) is 20.6. The van der Waals surface area contributed by atoms with E-state index in [0.717, 1.165) is 43.2 Å². The fourth-order valence-electron chi connectivity index (χ4n) is 5.33. The Balaban J connectivity index is 1.60. The van der Waals surface area contributed by atoms with E-state index in [9.17, 15) is 18.8 Å². The molecule has 1 aromatic carbocycles. The summed E-state index contributed by atoms with van der Waals surface area (Å²) in [5.74, 6) is -0.489. The van der Waals surface area contributed by atoms with Gasteiger partial charge in [-0.05, 0) is 61.9 Å². The van der Waals surface area contributed by atoms with E-state index < -0.39 is 6.04 Å². The van der Waals surface area contributed by atoms with Crippen molar-refractivity contribution < 1.29 is 14.0 Å². The molecule has 7 nitrogen and oxygen atoms in total. The minimum atomic E-state index is -0.589. The van der Waals surface area contributed by atoms with Crippen LogP contribution in [0.3, 0.4) is 0 Å². The van der Waals surface area contributed by atoms with Gasteiger partial charge in [0.2, 0.25) is 11.8 Å². The number of aromatic nitrogens is 1. The molecule has 1 aliphatic heterocycles. The number of benzene rings is 1. The lowest BCUT2D eigenvalue weighted by Crippen LogP contribution is -2.56. The summed E-state index contributed by atoms with van der Waals surface area (Å²) in [4.78, 5) is 41.3. The first-order valence-electron chi connectivity index (χ1n) is 12.7.